The molecule has 3 heteroatoms. The first kappa shape index (κ1) is 7.09. The van der Waals surface area contributed by atoms with Crippen LogP contribution in [0.15, 0.2) is 23.4 Å². The molecule has 51 valence electrons. The molecule has 0 spiro atoms. The average molecular weight is 155 g/mol. The molecule has 0 unspecified atom stereocenters. The molecule has 0 atom stereocenters. The lowest BCUT2D eigenvalue weighted by Gasteiger charge is -1.89. The lowest BCUT2D eigenvalue weighted by atomic mass is 10.2. The number of benzene rings is 1. The van der Waals surface area contributed by atoms with Gasteiger partial charge in [0.05, 0.1) is 6.21 Å². The van der Waals surface area contributed by atoms with Gasteiger partial charge in [0.2, 0.25) is 0 Å². The van der Waals surface area contributed by atoms with E-state index in [1.165, 1.54) is 6.21 Å². The zero-order valence-corrected chi connectivity index (χ0v) is 5.84. The molecule has 0 aliphatic carbocycles. The van der Waals surface area contributed by atoms with Crippen LogP contribution in [0.4, 0.5) is 0 Å². The van der Waals surface area contributed by atoms with E-state index in [1.54, 1.807) is 18.2 Å². The second-order valence-electron chi connectivity index (χ2n) is 1.70. The van der Waals surface area contributed by atoms with Crippen LogP contribution in [0.1, 0.15) is 5.56 Å². The number of halogens is 1. The smallest absolute Gasteiger partial charge is 0.0740 e. The fourth-order valence-electron chi connectivity index (χ4n) is 0.595. The van der Waals surface area contributed by atoms with Crippen molar-refractivity contribution in [3.8, 4) is 0 Å². The molecule has 1 aromatic rings. The highest BCUT2D eigenvalue weighted by atomic mass is 35.5. The Morgan fingerprint density at radius 3 is 3.00 bits per heavy atom. The molecule has 2 nitrogen and oxygen atoms in total. The van der Waals surface area contributed by atoms with Gasteiger partial charge in [-0.2, -0.15) is 0 Å². The first-order valence-electron chi connectivity index (χ1n) is 2.68. The van der Waals surface area contributed by atoms with Crippen molar-refractivity contribution >= 4 is 17.8 Å². The predicted molar refractivity (Wildman–Crippen MR) is 39.7 cm³/mol. The Bertz CT molecular complexity index is 247. The van der Waals surface area contributed by atoms with Gasteiger partial charge in [0.15, 0.2) is 0 Å². The summed E-state index contributed by atoms with van der Waals surface area (Å²) < 4.78 is 0. The maximum atomic E-state index is 8.12. The Labute approximate surface area is 63.7 Å². The molecular weight excluding hydrogens is 150 g/mol. The summed E-state index contributed by atoms with van der Waals surface area (Å²) in [6.07, 6.45) is 1.27. The molecule has 0 aromatic heterocycles. The molecule has 0 heterocycles. The van der Waals surface area contributed by atoms with E-state index in [2.05, 4.69) is 11.2 Å². The standard InChI is InChI=1S/C7H5ClNO/c8-7-3-1-2-6(4-7)5-9-10/h1-3,5,10H. The normalized spacial score (nSPS) is 10.5. The van der Waals surface area contributed by atoms with Crippen molar-refractivity contribution in [1.29, 1.82) is 0 Å². The molecule has 1 aromatic carbocycles. The number of nitrogens with zero attached hydrogens (tertiary/aromatic N) is 1. The van der Waals surface area contributed by atoms with E-state index in [1.807, 2.05) is 0 Å². The van der Waals surface area contributed by atoms with Crippen molar-refractivity contribution in [2.24, 2.45) is 5.16 Å². The summed E-state index contributed by atoms with van der Waals surface area (Å²) in [4.78, 5) is 0. The fourth-order valence-corrected chi connectivity index (χ4v) is 0.777. The topological polar surface area (TPSA) is 32.6 Å². The van der Waals surface area contributed by atoms with Crippen LogP contribution >= 0.6 is 11.6 Å². The van der Waals surface area contributed by atoms with Gasteiger partial charge in [0, 0.05) is 16.7 Å². The monoisotopic (exact) mass is 154 g/mol. The minimum atomic E-state index is 0.511. The quantitative estimate of drug-likeness (QED) is 0.374. The van der Waals surface area contributed by atoms with Gasteiger partial charge in [-0.3, -0.25) is 0 Å². The van der Waals surface area contributed by atoms with Crippen LogP contribution in [0.3, 0.4) is 0 Å². The minimum Gasteiger partial charge on any atom is -0.411 e. The van der Waals surface area contributed by atoms with Gasteiger partial charge < -0.3 is 5.21 Å². The Hall–Kier alpha value is -1.02. The average Bonchev–Trinajstić information content (AvgIpc) is 1.88. The van der Waals surface area contributed by atoms with Gasteiger partial charge in [0.25, 0.3) is 0 Å². The highest BCUT2D eigenvalue weighted by molar-refractivity contribution is 6.30. The molecule has 0 fully saturated rings. The van der Waals surface area contributed by atoms with Crippen LogP contribution in [0.25, 0.3) is 0 Å². The Morgan fingerprint density at radius 1 is 1.60 bits per heavy atom. The second-order valence-corrected chi connectivity index (χ2v) is 2.11. The Kier molecular flexibility index (Phi) is 2.29. The Balaban J connectivity index is 2.95. The lowest BCUT2D eigenvalue weighted by molar-refractivity contribution is 0.322. The summed E-state index contributed by atoms with van der Waals surface area (Å²) in [7, 11) is 0. The van der Waals surface area contributed by atoms with Crippen LogP contribution in [-0.4, -0.2) is 11.4 Å². The second kappa shape index (κ2) is 3.22. The van der Waals surface area contributed by atoms with E-state index in [4.69, 9.17) is 16.8 Å². The van der Waals surface area contributed by atoms with Crippen LogP contribution in [-0.2, 0) is 0 Å². The molecule has 0 aliphatic heterocycles. The predicted octanol–water partition coefficient (Wildman–Crippen LogP) is 1.95. The fraction of sp³-hybridized carbons (Fsp3) is 0. The highest BCUT2D eigenvalue weighted by Gasteiger charge is 1.88. The van der Waals surface area contributed by atoms with E-state index in [0.717, 1.165) is 0 Å². The zero-order valence-electron chi connectivity index (χ0n) is 5.08. The van der Waals surface area contributed by atoms with Gasteiger partial charge in [-0.25, -0.2) is 0 Å². The Morgan fingerprint density at radius 2 is 2.40 bits per heavy atom. The largest absolute Gasteiger partial charge is 0.411 e. The van der Waals surface area contributed by atoms with Gasteiger partial charge in [-0.15, -0.1) is 0 Å². The van der Waals surface area contributed by atoms with Gasteiger partial charge in [-0.05, 0) is 6.07 Å². The van der Waals surface area contributed by atoms with E-state index in [9.17, 15) is 0 Å². The van der Waals surface area contributed by atoms with Gasteiger partial charge in [-0.1, -0.05) is 28.9 Å². The van der Waals surface area contributed by atoms with Gasteiger partial charge in [0.1, 0.15) is 0 Å². The van der Waals surface area contributed by atoms with Gasteiger partial charge >= 0.3 is 0 Å². The third-order valence-corrected chi connectivity index (χ3v) is 1.20. The molecule has 1 radical (unpaired) electrons. The SMILES string of the molecule is ON=Cc1[c]c(Cl)ccc1. The van der Waals surface area contributed by atoms with Crippen molar-refractivity contribution in [3.63, 3.8) is 0 Å². The van der Waals surface area contributed by atoms with Crippen LogP contribution in [0.2, 0.25) is 5.02 Å². The molecule has 1 rings (SSSR count). The van der Waals surface area contributed by atoms with Crippen molar-refractivity contribution in [1.82, 2.24) is 0 Å². The summed E-state index contributed by atoms with van der Waals surface area (Å²) in [5, 5.41) is 11.5. The first-order valence-corrected chi connectivity index (χ1v) is 3.06. The summed E-state index contributed by atoms with van der Waals surface area (Å²) in [6, 6.07) is 7.97. The molecule has 1 N–H and O–H groups in total. The van der Waals surface area contributed by atoms with Crippen molar-refractivity contribution < 1.29 is 5.21 Å². The van der Waals surface area contributed by atoms with Crippen LogP contribution in [0.5, 0.6) is 0 Å². The number of hydrogen-bond donors (Lipinski definition) is 1. The summed E-state index contributed by atoms with van der Waals surface area (Å²) in [5.41, 5.74) is 0.662. The minimum absolute atomic E-state index is 0.511. The summed E-state index contributed by atoms with van der Waals surface area (Å²) in [5.74, 6) is 0. The number of rotatable bonds is 1. The third kappa shape index (κ3) is 1.74. The lowest BCUT2D eigenvalue weighted by Crippen LogP contribution is -1.79. The zero-order chi connectivity index (χ0) is 7.40. The maximum absolute atomic E-state index is 8.12. The van der Waals surface area contributed by atoms with Crippen LogP contribution in [0, 0.1) is 6.07 Å². The number of hydrogen-bond acceptors (Lipinski definition) is 2. The molecule has 0 saturated heterocycles. The van der Waals surface area contributed by atoms with E-state index < -0.39 is 0 Å². The molecule has 0 bridgehead atoms. The molecule has 0 aliphatic rings. The molecule has 10 heavy (non-hydrogen) atoms. The van der Waals surface area contributed by atoms with Crippen molar-refractivity contribution in [3.05, 3.63) is 34.9 Å². The summed E-state index contributed by atoms with van der Waals surface area (Å²) in [6.45, 7) is 0. The van der Waals surface area contributed by atoms with E-state index in [-0.39, 0.29) is 0 Å². The number of oxime groups is 1. The molecular formula is C7H5ClNO. The first-order chi connectivity index (χ1) is 4.83. The third-order valence-electron chi connectivity index (χ3n) is 0.979. The molecule has 0 saturated carbocycles. The van der Waals surface area contributed by atoms with E-state index >= 15 is 0 Å². The van der Waals surface area contributed by atoms with Crippen LogP contribution < -0.4 is 0 Å². The van der Waals surface area contributed by atoms with Crippen molar-refractivity contribution in [2.45, 2.75) is 0 Å². The summed E-state index contributed by atoms with van der Waals surface area (Å²) >= 11 is 5.58. The molecule has 0 amide bonds. The van der Waals surface area contributed by atoms with Crippen molar-refractivity contribution in [2.75, 3.05) is 0 Å². The highest BCUT2D eigenvalue weighted by Crippen LogP contribution is 2.07. The maximum Gasteiger partial charge on any atom is 0.0740 e. The van der Waals surface area contributed by atoms with E-state index in [0.29, 0.717) is 10.6 Å².